The highest BCUT2D eigenvalue weighted by molar-refractivity contribution is 8.15. The van der Waals surface area contributed by atoms with Crippen LogP contribution in [0.25, 0.3) is 62.0 Å². The Balaban J connectivity index is 0.000000133. The summed E-state index contributed by atoms with van der Waals surface area (Å²) < 4.78 is 2.79. The fourth-order valence-corrected chi connectivity index (χ4v) is 11.5. The molecule has 2 N–H and O–H groups in total. The second-order valence-electron chi connectivity index (χ2n) is 11.9. The second kappa shape index (κ2) is 18.2. The van der Waals surface area contributed by atoms with Gasteiger partial charge in [0, 0.05) is 49.1 Å². The first-order chi connectivity index (χ1) is 28.1. The third kappa shape index (κ3) is 9.51. The van der Waals surface area contributed by atoms with Crippen LogP contribution in [0.15, 0.2) is 84.9 Å². The van der Waals surface area contributed by atoms with Gasteiger partial charge in [-0.1, -0.05) is 33.5 Å². The minimum absolute atomic E-state index is 0.371. The largest absolute Gasteiger partial charge is 0.480 e. The molecule has 3 aromatic carbocycles. The molecule has 3 aliphatic rings. The van der Waals surface area contributed by atoms with Gasteiger partial charge in [0.05, 0.1) is 36.7 Å². The maximum absolute atomic E-state index is 10.9. The Morgan fingerprint density at radius 2 is 0.931 bits per heavy atom. The molecule has 0 aliphatic carbocycles. The van der Waals surface area contributed by atoms with E-state index >= 15 is 0 Å². The number of carboxylic acid groups (broad SMARTS) is 2. The van der Waals surface area contributed by atoms with Crippen molar-refractivity contribution in [1.29, 1.82) is 0 Å². The summed E-state index contributed by atoms with van der Waals surface area (Å²) in [4.78, 5) is 56.3. The number of thiazole rings is 3. The fourth-order valence-electron chi connectivity index (χ4n) is 5.18. The van der Waals surface area contributed by atoms with Crippen LogP contribution in [0.5, 0.6) is 0 Å². The highest BCUT2D eigenvalue weighted by Gasteiger charge is 2.28. The van der Waals surface area contributed by atoms with Crippen molar-refractivity contribution >= 4 is 144 Å². The van der Waals surface area contributed by atoms with Gasteiger partial charge < -0.3 is 10.2 Å². The number of rotatable bonds is 8. The molecule has 3 atom stereocenters. The molecule has 0 radical (unpaired) electrons. The standard InChI is InChI=1S/2C11H7N5O2S2.C11H9N5S2/c2*12-16-15-5-1-2-6-8(3-5)20-10(13-6)9-14-7(4-19-9)11(17)18;1-6-5-17-10(13-6)11-14-8-3-2-7(15-16-12)4-9(8)18-11/h2*1-3,7H,4H2,(H,17,18);2-4,6H,5H2,1H3/t7-;;6-/m1.1/s1. The minimum Gasteiger partial charge on any atom is -0.480 e. The Hall–Kier alpha value is -5.74. The summed E-state index contributed by atoms with van der Waals surface area (Å²) in [6.07, 6.45) is 0. The summed E-state index contributed by atoms with van der Waals surface area (Å²) in [6.45, 7) is 2.10. The van der Waals surface area contributed by atoms with E-state index in [1.165, 1.54) is 46.2 Å². The van der Waals surface area contributed by atoms with Crippen molar-refractivity contribution in [3.8, 4) is 0 Å². The topological polar surface area (TPSA) is 297 Å². The van der Waals surface area contributed by atoms with Crippen LogP contribution in [0.4, 0.5) is 17.1 Å². The molecular weight excluding hydrogens is 863 g/mol. The number of nitrogens with zero attached hydrogens (tertiary/aromatic N) is 15. The summed E-state index contributed by atoms with van der Waals surface area (Å²) in [6, 6.07) is 14.9. The molecule has 58 heavy (non-hydrogen) atoms. The molecule has 6 aromatic rings. The van der Waals surface area contributed by atoms with Gasteiger partial charge in [-0.15, -0.1) is 69.3 Å². The molecule has 0 amide bonds. The lowest BCUT2D eigenvalue weighted by atomic mass is 10.3. The van der Waals surface area contributed by atoms with E-state index in [9.17, 15) is 9.59 Å². The van der Waals surface area contributed by atoms with Crippen LogP contribution in [0.2, 0.25) is 0 Å². The Morgan fingerprint density at radius 3 is 1.22 bits per heavy atom. The van der Waals surface area contributed by atoms with E-state index in [0.29, 0.717) is 54.7 Å². The lowest BCUT2D eigenvalue weighted by Crippen LogP contribution is -2.17. The van der Waals surface area contributed by atoms with Crippen LogP contribution in [0.3, 0.4) is 0 Å². The molecule has 25 heteroatoms. The van der Waals surface area contributed by atoms with Crippen LogP contribution < -0.4 is 0 Å². The third-order valence-corrected chi connectivity index (χ3v) is 14.6. The van der Waals surface area contributed by atoms with Crippen molar-refractivity contribution in [2.24, 2.45) is 30.3 Å². The smallest absolute Gasteiger partial charge is 0.329 e. The number of carbonyl (C=O) groups is 2. The Kier molecular flexibility index (Phi) is 12.7. The predicted molar refractivity (Wildman–Crippen MR) is 235 cm³/mol. The molecule has 0 fully saturated rings. The molecule has 3 aromatic heterocycles. The van der Waals surface area contributed by atoms with Crippen molar-refractivity contribution in [3.63, 3.8) is 0 Å². The number of benzene rings is 3. The van der Waals surface area contributed by atoms with E-state index in [0.717, 1.165) is 46.5 Å². The zero-order valence-electron chi connectivity index (χ0n) is 29.4. The molecule has 9 rings (SSSR count). The number of hydrogen-bond donors (Lipinski definition) is 2. The van der Waals surface area contributed by atoms with Gasteiger partial charge in [-0.25, -0.2) is 24.5 Å². The maximum Gasteiger partial charge on any atom is 0.329 e. The zero-order valence-corrected chi connectivity index (χ0v) is 34.3. The van der Waals surface area contributed by atoms with Gasteiger partial charge in [0.25, 0.3) is 0 Å². The number of thioether (sulfide) groups is 3. The number of fused-ring (bicyclic) bond motifs is 3. The number of aliphatic carboxylic acids is 2. The maximum atomic E-state index is 10.9. The van der Waals surface area contributed by atoms with Crippen molar-refractivity contribution in [2.75, 3.05) is 17.3 Å². The normalized spacial score (nSPS) is 18.1. The molecule has 3 aliphatic heterocycles. The SMILES string of the molecule is C[C@@H]1CSC(c2nc3ccc(N=[N+]=[N-])cc3s2)=N1.[N-]=[N+]=Nc1ccc2nc(C3=NC(C(=O)O)CS3)sc2c1.[N-]=[N+]=Nc1ccc2nc(C3=N[C@@H](C(=O)O)CS3)sc2c1. The highest BCUT2D eigenvalue weighted by Crippen LogP contribution is 2.34. The lowest BCUT2D eigenvalue weighted by molar-refractivity contribution is -0.138. The Bertz CT molecular complexity index is 2720. The van der Waals surface area contributed by atoms with Gasteiger partial charge in [-0.3, -0.25) is 15.0 Å². The van der Waals surface area contributed by atoms with E-state index in [2.05, 4.69) is 66.9 Å². The van der Waals surface area contributed by atoms with Gasteiger partial charge in [0.1, 0.15) is 30.2 Å². The molecule has 19 nitrogen and oxygen atoms in total. The van der Waals surface area contributed by atoms with Crippen LogP contribution in [-0.4, -0.2) is 87.6 Å². The number of azide groups is 3. The Morgan fingerprint density at radius 1 is 0.586 bits per heavy atom. The molecule has 6 heterocycles. The van der Waals surface area contributed by atoms with Gasteiger partial charge in [0.2, 0.25) is 0 Å². The average molecular weight is 886 g/mol. The number of hydrogen-bond acceptors (Lipinski definition) is 17. The van der Waals surface area contributed by atoms with Crippen LogP contribution >= 0.6 is 69.3 Å². The molecule has 290 valence electrons. The summed E-state index contributed by atoms with van der Waals surface area (Å²) in [5.74, 6) is 0.0585. The zero-order chi connectivity index (χ0) is 40.8. The fraction of sp³-hybridized carbons (Fsp3) is 0.212. The second-order valence-corrected chi connectivity index (χ2v) is 18.0. The summed E-state index contributed by atoms with van der Waals surface area (Å²) in [5.41, 5.74) is 29.4. The minimum atomic E-state index is -0.917. The number of aromatic nitrogens is 3. The molecule has 0 bridgehead atoms. The van der Waals surface area contributed by atoms with E-state index in [1.807, 2.05) is 12.1 Å². The van der Waals surface area contributed by atoms with E-state index in [1.54, 1.807) is 65.6 Å². The lowest BCUT2D eigenvalue weighted by Gasteiger charge is -1.93. The summed E-state index contributed by atoms with van der Waals surface area (Å²) in [5, 5.41) is 33.2. The van der Waals surface area contributed by atoms with Crippen molar-refractivity contribution in [2.45, 2.75) is 25.0 Å². The first-order valence-electron chi connectivity index (χ1n) is 16.6. The third-order valence-electron chi connectivity index (χ3n) is 7.82. The van der Waals surface area contributed by atoms with Crippen molar-refractivity contribution in [3.05, 3.63) is 101 Å². The quantitative estimate of drug-likeness (QED) is 0.0827. The molecule has 0 saturated heterocycles. The first-order valence-corrected chi connectivity index (χ1v) is 22.0. The molecule has 0 spiro atoms. The average Bonchev–Trinajstić information content (AvgIpc) is 4.06. The first kappa shape index (κ1) is 40.5. The highest BCUT2D eigenvalue weighted by atomic mass is 32.2. The summed E-state index contributed by atoms with van der Waals surface area (Å²) in [7, 11) is 0. The van der Waals surface area contributed by atoms with Gasteiger partial charge >= 0.3 is 11.9 Å². The van der Waals surface area contributed by atoms with Gasteiger partial charge in [-0.05, 0) is 59.9 Å². The van der Waals surface area contributed by atoms with Crippen LogP contribution in [-0.2, 0) is 9.59 Å². The molecule has 1 unspecified atom stereocenters. The molecule has 0 saturated carbocycles. The molecular formula is C33H23N15O4S6. The predicted octanol–water partition coefficient (Wildman–Crippen LogP) is 10.5. The van der Waals surface area contributed by atoms with Crippen LogP contribution in [0, 0.1) is 0 Å². The van der Waals surface area contributed by atoms with E-state index in [-0.39, 0.29) is 0 Å². The van der Waals surface area contributed by atoms with Crippen molar-refractivity contribution in [1.82, 2.24) is 15.0 Å². The van der Waals surface area contributed by atoms with Crippen molar-refractivity contribution < 1.29 is 19.8 Å². The number of aliphatic imine (C=N–C) groups is 3. The monoisotopic (exact) mass is 885 g/mol. The van der Waals surface area contributed by atoms with Crippen LogP contribution in [0.1, 0.15) is 21.9 Å². The summed E-state index contributed by atoms with van der Waals surface area (Å²) >= 11 is 8.95. The van der Waals surface area contributed by atoms with E-state index < -0.39 is 24.0 Å². The van der Waals surface area contributed by atoms with Gasteiger partial charge in [-0.2, -0.15) is 0 Å². The van der Waals surface area contributed by atoms with E-state index in [4.69, 9.17) is 26.8 Å². The Labute approximate surface area is 350 Å². The van der Waals surface area contributed by atoms with Gasteiger partial charge in [0.15, 0.2) is 12.1 Å². The number of carboxylic acids is 2.